The molecule has 0 unspecified atom stereocenters. The van der Waals surface area contributed by atoms with Crippen LogP contribution in [0.15, 0.2) is 0 Å². The minimum Gasteiger partial charge on any atom is -0.368 e. The van der Waals surface area contributed by atoms with Crippen molar-refractivity contribution in [1.29, 1.82) is 0 Å². The van der Waals surface area contributed by atoms with Gasteiger partial charge in [0.15, 0.2) is 6.29 Å². The molecular formula is C6H17ClN2O2. The van der Waals surface area contributed by atoms with Gasteiger partial charge in [0.1, 0.15) is 0 Å². The molecule has 0 heterocycles. The lowest BCUT2D eigenvalue weighted by Gasteiger charge is -1.97. The molecule has 0 aliphatic heterocycles. The van der Waals surface area contributed by atoms with E-state index in [1.54, 1.807) is 0 Å². The molecular weight excluding hydrogens is 168 g/mol. The average Bonchev–Trinajstić information content (AvgIpc) is 1.82. The van der Waals surface area contributed by atoms with Gasteiger partial charge in [-0.1, -0.05) is 0 Å². The molecule has 0 bridgehead atoms. The van der Waals surface area contributed by atoms with Crippen molar-refractivity contribution in [3.05, 3.63) is 0 Å². The summed E-state index contributed by atoms with van der Waals surface area (Å²) in [6.45, 7) is 0.416. The van der Waals surface area contributed by atoms with E-state index < -0.39 is 6.29 Å². The summed E-state index contributed by atoms with van der Waals surface area (Å²) in [5, 5.41) is 16.3. The van der Waals surface area contributed by atoms with Gasteiger partial charge in [-0.05, 0) is 32.9 Å². The minimum atomic E-state index is -1.24. The molecule has 0 saturated heterocycles. The van der Waals surface area contributed by atoms with Gasteiger partial charge in [-0.2, -0.15) is 0 Å². The molecule has 11 heavy (non-hydrogen) atoms. The van der Waals surface area contributed by atoms with Gasteiger partial charge < -0.3 is 15.1 Å². The first kappa shape index (κ1) is 13.7. The van der Waals surface area contributed by atoms with Crippen LogP contribution in [0, 0.1) is 0 Å². The Bertz CT molecular complexity index is 68.8. The Balaban J connectivity index is 0. The van der Waals surface area contributed by atoms with Gasteiger partial charge in [-0.25, -0.2) is 4.84 Å². The third kappa shape index (κ3) is 39.3. The number of aliphatic hydroxyl groups excluding tert-OH is 1. The Morgan fingerprint density at radius 3 is 1.82 bits per heavy atom. The third-order valence-electron chi connectivity index (χ3n) is 0.497. The van der Waals surface area contributed by atoms with Gasteiger partial charge in [-0.3, -0.25) is 0 Å². The Morgan fingerprint density at radius 1 is 1.36 bits per heavy atom. The molecule has 0 rings (SSSR count). The molecule has 0 amide bonds. The van der Waals surface area contributed by atoms with Crippen molar-refractivity contribution in [3.8, 4) is 0 Å². The van der Waals surface area contributed by atoms with E-state index in [0.29, 0.717) is 6.54 Å². The van der Waals surface area contributed by atoms with E-state index in [1.807, 2.05) is 26.0 Å². The lowest BCUT2D eigenvalue weighted by atomic mass is 10.4. The van der Waals surface area contributed by atoms with Gasteiger partial charge in [0.25, 0.3) is 0 Å². The molecule has 0 atom stereocenters. The van der Waals surface area contributed by atoms with E-state index in [-0.39, 0.29) is 6.42 Å². The van der Waals surface area contributed by atoms with Crippen LogP contribution in [-0.2, 0) is 0 Å². The van der Waals surface area contributed by atoms with Crippen molar-refractivity contribution in [1.82, 2.24) is 9.74 Å². The predicted molar refractivity (Wildman–Crippen MR) is 46.3 cm³/mol. The van der Waals surface area contributed by atoms with Crippen molar-refractivity contribution >= 4 is 11.8 Å². The molecule has 0 fully saturated rings. The van der Waals surface area contributed by atoms with E-state index >= 15 is 0 Å². The lowest BCUT2D eigenvalue weighted by molar-refractivity contribution is -0.0435. The van der Waals surface area contributed by atoms with E-state index in [4.69, 9.17) is 22.0 Å². The zero-order valence-electron chi connectivity index (χ0n) is 7.21. The lowest BCUT2D eigenvalue weighted by Crippen LogP contribution is -2.12. The molecule has 70 valence electrons. The highest BCUT2D eigenvalue weighted by atomic mass is 35.5. The zero-order chi connectivity index (χ0) is 9.28. The van der Waals surface area contributed by atoms with Gasteiger partial charge in [-0.15, -0.1) is 0 Å². The Labute approximate surface area is 72.9 Å². The smallest absolute Gasteiger partial charge is 0.152 e. The summed E-state index contributed by atoms with van der Waals surface area (Å²) < 4.78 is 0. The van der Waals surface area contributed by atoms with Crippen LogP contribution < -0.4 is 4.84 Å². The fourth-order valence-corrected chi connectivity index (χ4v) is 0.293. The zero-order valence-corrected chi connectivity index (χ0v) is 7.97. The van der Waals surface area contributed by atoms with E-state index in [0.717, 1.165) is 0 Å². The number of halogens is 1. The van der Waals surface area contributed by atoms with Gasteiger partial charge >= 0.3 is 0 Å². The van der Waals surface area contributed by atoms with Crippen molar-refractivity contribution in [2.75, 3.05) is 27.7 Å². The molecule has 5 heteroatoms. The molecule has 0 spiro atoms. The molecule has 0 saturated carbocycles. The second-order valence-corrected chi connectivity index (χ2v) is 2.76. The largest absolute Gasteiger partial charge is 0.368 e. The average molecular weight is 185 g/mol. The summed E-state index contributed by atoms with van der Waals surface area (Å²) >= 11 is 4.97. The Kier molecular flexibility index (Phi) is 12.6. The maximum atomic E-state index is 8.14. The summed E-state index contributed by atoms with van der Waals surface area (Å²) in [6, 6.07) is 0. The van der Waals surface area contributed by atoms with Crippen LogP contribution in [0.5, 0.6) is 0 Å². The molecule has 0 aromatic rings. The van der Waals surface area contributed by atoms with Crippen molar-refractivity contribution < 1.29 is 10.2 Å². The van der Waals surface area contributed by atoms with E-state index in [2.05, 4.69) is 4.84 Å². The van der Waals surface area contributed by atoms with Crippen LogP contribution in [0.4, 0.5) is 0 Å². The second kappa shape index (κ2) is 10.1. The summed E-state index contributed by atoms with van der Waals surface area (Å²) in [4.78, 5) is 4.25. The molecule has 4 nitrogen and oxygen atoms in total. The van der Waals surface area contributed by atoms with Gasteiger partial charge in [0, 0.05) is 13.0 Å². The van der Waals surface area contributed by atoms with Crippen molar-refractivity contribution in [3.63, 3.8) is 0 Å². The first-order valence-corrected chi connectivity index (χ1v) is 3.69. The number of hydrogen-bond donors (Lipinski definition) is 3. The number of nitrogens with zero attached hydrogens (tertiary/aromatic N) is 1. The van der Waals surface area contributed by atoms with E-state index in [1.165, 1.54) is 0 Å². The highest BCUT2D eigenvalue weighted by molar-refractivity contribution is 6.13. The standard InChI is InChI=1S/C3H8ClNO2.C3H9N/c4-5-2-1-3(6)7;1-4(2)3/h3,5-7H,1-2H2;1-3H3. The number of rotatable bonds is 3. The van der Waals surface area contributed by atoms with Gasteiger partial charge in [0.2, 0.25) is 0 Å². The molecule has 3 N–H and O–H groups in total. The topological polar surface area (TPSA) is 55.7 Å². The quantitative estimate of drug-likeness (QED) is 0.413. The minimum absolute atomic E-state index is 0.267. The molecule has 0 aliphatic carbocycles. The second-order valence-electron chi connectivity index (χ2n) is 2.49. The normalized spacial score (nSPS) is 9.82. The Morgan fingerprint density at radius 2 is 1.73 bits per heavy atom. The highest BCUT2D eigenvalue weighted by Crippen LogP contribution is 1.81. The highest BCUT2D eigenvalue weighted by Gasteiger charge is 1.92. The van der Waals surface area contributed by atoms with Crippen LogP contribution in [0.1, 0.15) is 6.42 Å². The molecule has 0 aromatic heterocycles. The SMILES string of the molecule is CN(C)C.OC(O)CCNCl. The summed E-state index contributed by atoms with van der Waals surface area (Å²) in [5.41, 5.74) is 0. The summed E-state index contributed by atoms with van der Waals surface area (Å²) in [6.07, 6.45) is -0.977. The monoisotopic (exact) mass is 184 g/mol. The summed E-state index contributed by atoms with van der Waals surface area (Å²) in [7, 11) is 6.00. The number of nitrogens with one attached hydrogen (secondary N) is 1. The fourth-order valence-electron chi connectivity index (χ4n) is 0.184. The first-order valence-electron chi connectivity index (χ1n) is 3.31. The van der Waals surface area contributed by atoms with Crippen LogP contribution in [-0.4, -0.2) is 49.1 Å². The van der Waals surface area contributed by atoms with Crippen LogP contribution in [0.3, 0.4) is 0 Å². The fraction of sp³-hybridized carbons (Fsp3) is 1.00. The van der Waals surface area contributed by atoms with Crippen LogP contribution in [0.2, 0.25) is 0 Å². The molecule has 0 aromatic carbocycles. The third-order valence-corrected chi connectivity index (χ3v) is 0.686. The molecule has 0 aliphatic rings. The van der Waals surface area contributed by atoms with E-state index in [9.17, 15) is 0 Å². The number of aliphatic hydroxyl groups is 2. The maximum absolute atomic E-state index is 8.14. The predicted octanol–water partition coefficient (Wildman–Crippen LogP) is -0.392. The maximum Gasteiger partial charge on any atom is 0.152 e. The first-order chi connectivity index (χ1) is 5.00. The summed E-state index contributed by atoms with van der Waals surface area (Å²) in [5.74, 6) is 0. The van der Waals surface area contributed by atoms with Crippen LogP contribution >= 0.6 is 11.8 Å². The van der Waals surface area contributed by atoms with Crippen LogP contribution in [0.25, 0.3) is 0 Å². The number of hydrogen-bond acceptors (Lipinski definition) is 4. The van der Waals surface area contributed by atoms with Crippen molar-refractivity contribution in [2.45, 2.75) is 12.7 Å². The molecule has 0 radical (unpaired) electrons. The Hall–Kier alpha value is 0.130. The van der Waals surface area contributed by atoms with Crippen molar-refractivity contribution in [2.24, 2.45) is 0 Å². The van der Waals surface area contributed by atoms with Gasteiger partial charge in [0.05, 0.1) is 0 Å².